The summed E-state index contributed by atoms with van der Waals surface area (Å²) in [6, 6.07) is 4.15. The number of hydrogen-bond acceptors (Lipinski definition) is 6. The number of halogens is 1. The first-order chi connectivity index (χ1) is 8.38. The standard InChI is InChI=1S/C8H9ClN6O2S/c1-15-12-8(11-14-15)13-18(16,17)7-4-5(10)2-3-6(7)9/h2-4H,10H2,1H3,(H,12,13). The molecule has 1 heterocycles. The van der Waals surface area contributed by atoms with Gasteiger partial charge in [-0.3, -0.25) is 0 Å². The molecule has 8 nitrogen and oxygen atoms in total. The molecule has 0 saturated carbocycles. The Morgan fingerprint density at radius 1 is 1.44 bits per heavy atom. The molecule has 0 unspecified atom stereocenters. The number of hydrogen-bond donors (Lipinski definition) is 2. The van der Waals surface area contributed by atoms with Gasteiger partial charge >= 0.3 is 0 Å². The maximum atomic E-state index is 12.0. The van der Waals surface area contributed by atoms with Gasteiger partial charge in [-0.25, -0.2) is 13.1 Å². The zero-order chi connectivity index (χ0) is 13.3. The lowest BCUT2D eigenvalue weighted by Crippen LogP contribution is -2.15. The maximum Gasteiger partial charge on any atom is 0.277 e. The second-order valence-corrected chi connectivity index (χ2v) is 5.46. The molecule has 0 fully saturated rings. The lowest BCUT2D eigenvalue weighted by molar-refractivity contribution is 0.600. The van der Waals surface area contributed by atoms with Crippen LogP contribution in [0.15, 0.2) is 23.1 Å². The SMILES string of the molecule is Cn1nnc(NS(=O)(=O)c2cc(N)ccc2Cl)n1. The summed E-state index contributed by atoms with van der Waals surface area (Å²) in [5.74, 6) is -0.143. The molecule has 3 N–H and O–H groups in total. The first-order valence-electron chi connectivity index (χ1n) is 4.70. The summed E-state index contributed by atoms with van der Waals surface area (Å²) in [5, 5.41) is 10.8. The van der Waals surface area contributed by atoms with Crippen molar-refractivity contribution in [3.05, 3.63) is 23.2 Å². The fourth-order valence-electron chi connectivity index (χ4n) is 1.23. The summed E-state index contributed by atoms with van der Waals surface area (Å²) in [7, 11) is -2.38. The van der Waals surface area contributed by atoms with Crippen molar-refractivity contribution in [1.82, 2.24) is 20.2 Å². The molecular weight excluding hydrogens is 280 g/mol. The third-order valence-corrected chi connectivity index (χ3v) is 3.79. The highest BCUT2D eigenvalue weighted by Crippen LogP contribution is 2.24. The molecule has 0 aliphatic carbocycles. The predicted molar refractivity (Wildman–Crippen MR) is 65.5 cm³/mol. The van der Waals surface area contributed by atoms with Crippen molar-refractivity contribution in [2.45, 2.75) is 4.90 Å². The second-order valence-electron chi connectivity index (χ2n) is 3.40. The van der Waals surface area contributed by atoms with Gasteiger partial charge in [-0.05, 0) is 23.4 Å². The van der Waals surface area contributed by atoms with Gasteiger partial charge in [0.05, 0.1) is 12.1 Å². The Balaban J connectivity index is 2.39. The van der Waals surface area contributed by atoms with E-state index in [9.17, 15) is 8.42 Å². The van der Waals surface area contributed by atoms with E-state index in [-0.39, 0.29) is 21.6 Å². The van der Waals surface area contributed by atoms with Crippen LogP contribution in [0.4, 0.5) is 11.6 Å². The monoisotopic (exact) mass is 288 g/mol. The van der Waals surface area contributed by atoms with Crippen LogP contribution in [0, 0.1) is 0 Å². The van der Waals surface area contributed by atoms with Crippen molar-refractivity contribution in [1.29, 1.82) is 0 Å². The van der Waals surface area contributed by atoms with Crippen molar-refractivity contribution >= 4 is 33.3 Å². The van der Waals surface area contributed by atoms with E-state index in [1.807, 2.05) is 0 Å². The number of nitrogens with zero attached hydrogens (tertiary/aromatic N) is 4. The van der Waals surface area contributed by atoms with Gasteiger partial charge in [-0.2, -0.15) is 4.80 Å². The van der Waals surface area contributed by atoms with Crippen molar-refractivity contribution in [2.75, 3.05) is 10.5 Å². The van der Waals surface area contributed by atoms with Crippen LogP contribution in [0.1, 0.15) is 0 Å². The molecule has 0 radical (unpaired) electrons. The minimum Gasteiger partial charge on any atom is -0.399 e. The quantitative estimate of drug-likeness (QED) is 0.782. The lowest BCUT2D eigenvalue weighted by atomic mass is 10.3. The van der Waals surface area contributed by atoms with Crippen LogP contribution in [0.25, 0.3) is 0 Å². The zero-order valence-corrected chi connectivity index (χ0v) is 10.8. The van der Waals surface area contributed by atoms with E-state index < -0.39 is 10.0 Å². The largest absolute Gasteiger partial charge is 0.399 e. The maximum absolute atomic E-state index is 12.0. The van der Waals surface area contributed by atoms with Crippen LogP contribution in [-0.2, 0) is 17.1 Å². The van der Waals surface area contributed by atoms with Gasteiger partial charge in [0.2, 0.25) is 0 Å². The van der Waals surface area contributed by atoms with Crippen LogP contribution >= 0.6 is 11.6 Å². The van der Waals surface area contributed by atoms with Crippen LogP contribution in [0.5, 0.6) is 0 Å². The molecule has 96 valence electrons. The first-order valence-corrected chi connectivity index (χ1v) is 6.56. The number of aromatic nitrogens is 4. The van der Waals surface area contributed by atoms with E-state index in [4.69, 9.17) is 17.3 Å². The summed E-state index contributed by atoms with van der Waals surface area (Å²) < 4.78 is 26.2. The average Bonchev–Trinajstić information content (AvgIpc) is 2.66. The summed E-state index contributed by atoms with van der Waals surface area (Å²) in [6.45, 7) is 0. The number of aryl methyl sites for hydroxylation is 1. The number of sulfonamides is 1. The number of nitrogens with one attached hydrogen (secondary N) is 1. The van der Waals surface area contributed by atoms with E-state index in [1.54, 1.807) is 0 Å². The van der Waals surface area contributed by atoms with E-state index in [2.05, 4.69) is 20.1 Å². The molecule has 10 heteroatoms. The van der Waals surface area contributed by atoms with Gasteiger partial charge in [-0.1, -0.05) is 16.7 Å². The minimum absolute atomic E-state index is 0.0561. The molecule has 1 aromatic heterocycles. The average molecular weight is 289 g/mol. The topological polar surface area (TPSA) is 116 Å². The van der Waals surface area contributed by atoms with E-state index >= 15 is 0 Å². The number of rotatable bonds is 3. The minimum atomic E-state index is -3.89. The summed E-state index contributed by atoms with van der Waals surface area (Å²) in [6.07, 6.45) is 0. The summed E-state index contributed by atoms with van der Waals surface area (Å²) >= 11 is 5.82. The van der Waals surface area contributed by atoms with E-state index in [0.29, 0.717) is 0 Å². The first kappa shape index (κ1) is 12.6. The van der Waals surface area contributed by atoms with Crippen LogP contribution in [0.2, 0.25) is 5.02 Å². The Morgan fingerprint density at radius 3 is 2.78 bits per heavy atom. The molecule has 0 atom stereocenters. The van der Waals surface area contributed by atoms with Crippen LogP contribution in [-0.4, -0.2) is 28.6 Å². The normalized spacial score (nSPS) is 11.4. The van der Waals surface area contributed by atoms with Crippen LogP contribution in [0.3, 0.4) is 0 Å². The Labute approximate surface area is 108 Å². The van der Waals surface area contributed by atoms with Crippen molar-refractivity contribution in [3.8, 4) is 0 Å². The Morgan fingerprint density at radius 2 is 2.17 bits per heavy atom. The number of anilines is 2. The summed E-state index contributed by atoms with van der Waals surface area (Å²) in [4.78, 5) is 0.982. The fraction of sp³-hybridized carbons (Fsp3) is 0.125. The van der Waals surface area contributed by atoms with Crippen LogP contribution < -0.4 is 10.5 Å². The number of nitrogen functional groups attached to an aromatic ring is 1. The molecule has 1 aromatic carbocycles. The van der Waals surface area contributed by atoms with Crippen molar-refractivity contribution in [3.63, 3.8) is 0 Å². The Hall–Kier alpha value is -1.87. The predicted octanol–water partition coefficient (Wildman–Crippen LogP) is 0.246. The van der Waals surface area contributed by atoms with Gasteiger partial charge in [-0.15, -0.1) is 5.10 Å². The van der Waals surface area contributed by atoms with Gasteiger partial charge in [0, 0.05) is 5.69 Å². The molecule has 0 aliphatic rings. The number of benzene rings is 1. The molecule has 0 amide bonds. The van der Waals surface area contributed by atoms with E-state index in [0.717, 1.165) is 4.80 Å². The number of tetrazole rings is 1. The molecule has 0 bridgehead atoms. The highest BCUT2D eigenvalue weighted by atomic mass is 35.5. The Bertz CT molecular complexity index is 683. The Kier molecular flexibility index (Phi) is 3.09. The van der Waals surface area contributed by atoms with Gasteiger partial charge in [0.15, 0.2) is 0 Å². The third kappa shape index (κ3) is 2.51. The highest BCUT2D eigenvalue weighted by molar-refractivity contribution is 7.92. The number of nitrogens with two attached hydrogens (primary N) is 1. The lowest BCUT2D eigenvalue weighted by Gasteiger charge is -2.06. The molecule has 18 heavy (non-hydrogen) atoms. The van der Waals surface area contributed by atoms with Gasteiger partial charge < -0.3 is 5.73 Å². The summed E-state index contributed by atoms with van der Waals surface area (Å²) in [5.41, 5.74) is 5.81. The third-order valence-electron chi connectivity index (χ3n) is 1.98. The molecule has 0 saturated heterocycles. The smallest absolute Gasteiger partial charge is 0.277 e. The zero-order valence-electron chi connectivity index (χ0n) is 9.20. The molecule has 0 aliphatic heterocycles. The fourth-order valence-corrected chi connectivity index (χ4v) is 2.70. The molecule has 2 rings (SSSR count). The molecular formula is C8H9ClN6O2S. The molecule has 0 spiro atoms. The highest BCUT2D eigenvalue weighted by Gasteiger charge is 2.20. The van der Waals surface area contributed by atoms with Crippen molar-refractivity contribution in [2.24, 2.45) is 7.05 Å². The van der Waals surface area contributed by atoms with E-state index in [1.165, 1.54) is 25.2 Å². The second kappa shape index (κ2) is 4.42. The van der Waals surface area contributed by atoms with Gasteiger partial charge in [0.25, 0.3) is 16.0 Å². The van der Waals surface area contributed by atoms with Gasteiger partial charge in [0.1, 0.15) is 4.90 Å². The van der Waals surface area contributed by atoms with Crippen molar-refractivity contribution < 1.29 is 8.42 Å². The molecule has 2 aromatic rings.